The van der Waals surface area contributed by atoms with E-state index in [1.54, 1.807) is 6.08 Å². The van der Waals surface area contributed by atoms with Crippen LogP contribution in [0.2, 0.25) is 0 Å². The molecular formula is C50H87NO8. The minimum absolute atomic E-state index is 0.189. The van der Waals surface area contributed by atoms with Gasteiger partial charge in [-0.1, -0.05) is 183 Å². The van der Waals surface area contributed by atoms with Crippen LogP contribution in [0.15, 0.2) is 72.9 Å². The topological polar surface area (TPSA) is 149 Å². The van der Waals surface area contributed by atoms with E-state index in [2.05, 4.69) is 79.9 Å². The maximum atomic E-state index is 13.0. The molecule has 9 nitrogen and oxygen atoms in total. The van der Waals surface area contributed by atoms with Crippen molar-refractivity contribution in [2.75, 3.05) is 13.2 Å². The molecule has 0 aromatic heterocycles. The summed E-state index contributed by atoms with van der Waals surface area (Å²) in [6.45, 7) is 3.62. The number of nitrogens with one attached hydrogen (secondary N) is 1. The van der Waals surface area contributed by atoms with Crippen LogP contribution in [-0.2, 0) is 14.3 Å². The summed E-state index contributed by atoms with van der Waals surface area (Å²) in [5.41, 5.74) is 0. The van der Waals surface area contributed by atoms with Gasteiger partial charge in [-0.15, -0.1) is 0 Å². The van der Waals surface area contributed by atoms with E-state index >= 15 is 0 Å². The molecule has 59 heavy (non-hydrogen) atoms. The summed E-state index contributed by atoms with van der Waals surface area (Å²) in [6, 6.07) is -0.810. The first-order valence-electron chi connectivity index (χ1n) is 23.7. The number of hydrogen-bond acceptors (Lipinski definition) is 8. The normalized spacial score (nSPS) is 21.4. The van der Waals surface area contributed by atoms with Crippen molar-refractivity contribution in [3.8, 4) is 0 Å². The van der Waals surface area contributed by atoms with Crippen molar-refractivity contribution in [1.29, 1.82) is 0 Å². The fourth-order valence-corrected chi connectivity index (χ4v) is 7.00. The van der Waals surface area contributed by atoms with E-state index in [0.717, 1.165) is 83.5 Å². The van der Waals surface area contributed by atoms with Crippen LogP contribution in [0.4, 0.5) is 0 Å². The lowest BCUT2D eigenvalue weighted by Gasteiger charge is -2.40. The molecule has 1 amide bonds. The summed E-state index contributed by atoms with van der Waals surface area (Å²) in [7, 11) is 0. The van der Waals surface area contributed by atoms with Gasteiger partial charge in [-0.25, -0.2) is 0 Å². The third kappa shape index (κ3) is 30.3. The Morgan fingerprint density at radius 1 is 0.593 bits per heavy atom. The molecule has 6 N–H and O–H groups in total. The SMILES string of the molecule is CC/C=C\C/C=C\C/C=C\C/C=C\C/C=C\CCCCCCCCCCCC(=O)NC(COC1OC(CO)C(O)C(O)C1O)C(O)/C=C/CCCCCCCCCCC. The summed E-state index contributed by atoms with van der Waals surface area (Å²) in [5.74, 6) is -0.189. The minimum Gasteiger partial charge on any atom is -0.394 e. The molecule has 1 fully saturated rings. The molecule has 0 aliphatic carbocycles. The van der Waals surface area contributed by atoms with Crippen LogP contribution in [0.1, 0.15) is 181 Å². The van der Waals surface area contributed by atoms with Gasteiger partial charge in [0, 0.05) is 6.42 Å². The molecule has 0 aromatic carbocycles. The first-order valence-corrected chi connectivity index (χ1v) is 23.7. The highest BCUT2D eigenvalue weighted by molar-refractivity contribution is 5.76. The van der Waals surface area contributed by atoms with Gasteiger partial charge in [-0.3, -0.25) is 4.79 Å². The number of aliphatic hydroxyl groups excluding tert-OH is 5. The molecule has 0 aromatic rings. The van der Waals surface area contributed by atoms with E-state index in [4.69, 9.17) is 9.47 Å². The molecule has 0 saturated carbocycles. The fourth-order valence-electron chi connectivity index (χ4n) is 7.00. The Morgan fingerprint density at radius 2 is 1.05 bits per heavy atom. The molecule has 0 radical (unpaired) electrons. The molecule has 9 heteroatoms. The highest BCUT2D eigenvalue weighted by Gasteiger charge is 2.44. The number of unbranched alkanes of at least 4 members (excludes halogenated alkanes) is 18. The van der Waals surface area contributed by atoms with Crippen molar-refractivity contribution in [3.05, 3.63) is 72.9 Å². The van der Waals surface area contributed by atoms with Crippen LogP contribution < -0.4 is 5.32 Å². The van der Waals surface area contributed by atoms with Gasteiger partial charge in [-0.05, 0) is 64.2 Å². The zero-order valence-corrected chi connectivity index (χ0v) is 37.2. The summed E-state index contributed by atoms with van der Waals surface area (Å²) in [5, 5.41) is 54.1. The summed E-state index contributed by atoms with van der Waals surface area (Å²) < 4.78 is 11.2. The van der Waals surface area contributed by atoms with E-state index in [1.807, 2.05) is 6.08 Å². The van der Waals surface area contributed by atoms with Crippen molar-refractivity contribution < 1.29 is 39.8 Å². The molecule has 1 heterocycles. The van der Waals surface area contributed by atoms with Crippen LogP contribution >= 0.6 is 0 Å². The van der Waals surface area contributed by atoms with E-state index in [1.165, 1.54) is 77.0 Å². The van der Waals surface area contributed by atoms with Crippen LogP contribution in [0, 0.1) is 0 Å². The average Bonchev–Trinajstić information content (AvgIpc) is 3.23. The number of carbonyl (C=O) groups excluding carboxylic acids is 1. The van der Waals surface area contributed by atoms with Gasteiger partial charge in [0.15, 0.2) is 6.29 Å². The number of hydrogen-bond donors (Lipinski definition) is 6. The van der Waals surface area contributed by atoms with Gasteiger partial charge < -0.3 is 40.3 Å². The maximum Gasteiger partial charge on any atom is 0.220 e. The van der Waals surface area contributed by atoms with Crippen LogP contribution in [0.3, 0.4) is 0 Å². The second-order valence-corrected chi connectivity index (χ2v) is 16.2. The van der Waals surface area contributed by atoms with Crippen molar-refractivity contribution in [2.45, 2.75) is 224 Å². The Morgan fingerprint density at radius 3 is 1.56 bits per heavy atom. The van der Waals surface area contributed by atoms with E-state index in [-0.39, 0.29) is 12.5 Å². The van der Waals surface area contributed by atoms with Gasteiger partial charge in [0.1, 0.15) is 24.4 Å². The second kappa shape index (κ2) is 39.7. The van der Waals surface area contributed by atoms with Crippen LogP contribution in [0.5, 0.6) is 0 Å². The summed E-state index contributed by atoms with van der Waals surface area (Å²) in [4.78, 5) is 13.0. The van der Waals surface area contributed by atoms with Crippen molar-refractivity contribution in [2.24, 2.45) is 0 Å². The number of carbonyl (C=O) groups is 1. The van der Waals surface area contributed by atoms with Gasteiger partial charge >= 0.3 is 0 Å². The van der Waals surface area contributed by atoms with Gasteiger partial charge in [0.05, 0.1) is 25.4 Å². The lowest BCUT2D eigenvalue weighted by Crippen LogP contribution is -2.60. The average molecular weight is 830 g/mol. The highest BCUT2D eigenvalue weighted by atomic mass is 16.7. The van der Waals surface area contributed by atoms with E-state index in [0.29, 0.717) is 6.42 Å². The van der Waals surface area contributed by atoms with E-state index < -0.39 is 49.5 Å². The van der Waals surface area contributed by atoms with Crippen LogP contribution in [-0.4, -0.2) is 87.5 Å². The molecule has 7 atom stereocenters. The van der Waals surface area contributed by atoms with Gasteiger partial charge in [0.2, 0.25) is 5.91 Å². The standard InChI is InChI=1S/C50H87NO8/c1-3-5-7-9-11-13-15-16-17-18-19-20-21-22-23-24-25-26-27-28-30-32-34-36-38-40-46(54)51-43(42-58-50-49(57)48(56)47(55)45(41-52)59-50)44(53)39-37-35-33-31-29-14-12-10-8-6-4-2/h5,7,11,13,16-17,19-20,22-23,37,39,43-45,47-50,52-53,55-57H,3-4,6,8-10,12,14-15,18,21,24-36,38,40-42H2,1-2H3,(H,51,54)/b7-5-,13-11-,17-16-,20-19-,23-22-,39-37+. The number of ether oxygens (including phenoxy) is 2. The van der Waals surface area contributed by atoms with Gasteiger partial charge in [0.25, 0.3) is 0 Å². The zero-order valence-electron chi connectivity index (χ0n) is 37.2. The van der Waals surface area contributed by atoms with Crippen LogP contribution in [0.25, 0.3) is 0 Å². The van der Waals surface area contributed by atoms with Crippen molar-refractivity contribution >= 4 is 5.91 Å². The molecule has 1 rings (SSSR count). The Hall–Kier alpha value is -2.37. The zero-order chi connectivity index (χ0) is 43.0. The predicted octanol–water partition coefficient (Wildman–Crippen LogP) is 10.2. The first-order chi connectivity index (χ1) is 28.8. The largest absolute Gasteiger partial charge is 0.394 e. The molecule has 340 valence electrons. The Kier molecular flexibility index (Phi) is 36.8. The third-order valence-electron chi connectivity index (χ3n) is 10.8. The molecule has 0 bridgehead atoms. The van der Waals surface area contributed by atoms with E-state index in [9.17, 15) is 30.3 Å². The molecule has 1 aliphatic heterocycles. The molecule has 0 spiro atoms. The Balaban J connectivity index is 2.28. The number of aliphatic hydroxyl groups is 5. The second-order valence-electron chi connectivity index (χ2n) is 16.2. The molecular weight excluding hydrogens is 743 g/mol. The highest BCUT2D eigenvalue weighted by Crippen LogP contribution is 2.22. The monoisotopic (exact) mass is 830 g/mol. The number of rotatable bonds is 38. The summed E-state index contributed by atoms with van der Waals surface area (Å²) in [6.07, 6.45) is 46.6. The number of amides is 1. The smallest absolute Gasteiger partial charge is 0.220 e. The molecule has 7 unspecified atom stereocenters. The van der Waals surface area contributed by atoms with Gasteiger partial charge in [-0.2, -0.15) is 0 Å². The Bertz CT molecular complexity index is 1150. The van der Waals surface area contributed by atoms with Crippen molar-refractivity contribution in [3.63, 3.8) is 0 Å². The third-order valence-corrected chi connectivity index (χ3v) is 10.8. The fraction of sp³-hybridized carbons (Fsp3) is 0.740. The summed E-state index contributed by atoms with van der Waals surface area (Å²) >= 11 is 0. The van der Waals surface area contributed by atoms with Crippen molar-refractivity contribution in [1.82, 2.24) is 5.32 Å². The lowest BCUT2D eigenvalue weighted by molar-refractivity contribution is -0.302. The predicted molar refractivity (Wildman–Crippen MR) is 244 cm³/mol. The minimum atomic E-state index is -1.57. The molecule has 1 saturated heterocycles. The Labute approximate surface area is 359 Å². The molecule has 1 aliphatic rings. The lowest BCUT2D eigenvalue weighted by atomic mass is 9.99. The maximum absolute atomic E-state index is 13.0. The first kappa shape index (κ1) is 54.6. The number of allylic oxidation sites excluding steroid dienone is 11. The quantitative estimate of drug-likeness (QED) is 0.0266.